The van der Waals surface area contributed by atoms with Crippen LogP contribution >= 0.6 is 0 Å². The second kappa shape index (κ2) is 7.48. The molecule has 2 rings (SSSR count). The van der Waals surface area contributed by atoms with Crippen molar-refractivity contribution in [2.45, 2.75) is 25.7 Å². The number of carbonyl (C=O) groups is 2. The molecule has 1 amide bonds. The normalized spacial score (nSPS) is 11.2. The first-order valence-corrected chi connectivity index (χ1v) is 9.22. The molecule has 6 nitrogen and oxygen atoms in total. The third-order valence-corrected chi connectivity index (χ3v) is 4.86. The lowest BCUT2D eigenvalue weighted by molar-refractivity contribution is -0.118. The number of benzene rings is 2. The Hall–Kier alpha value is -2.67. The monoisotopic (exact) mass is 360 g/mol. The van der Waals surface area contributed by atoms with Crippen LogP contribution < -0.4 is 10.0 Å². The van der Waals surface area contributed by atoms with Crippen LogP contribution in [0, 0.1) is 5.92 Å². The maximum atomic E-state index is 12.4. The minimum atomic E-state index is -3.81. The molecule has 0 unspecified atom stereocenters. The van der Waals surface area contributed by atoms with E-state index in [-0.39, 0.29) is 22.5 Å². The van der Waals surface area contributed by atoms with Crippen molar-refractivity contribution in [3.8, 4) is 0 Å². The fourth-order valence-corrected chi connectivity index (χ4v) is 3.11. The number of nitrogens with one attached hydrogen (secondary N) is 2. The van der Waals surface area contributed by atoms with E-state index < -0.39 is 10.0 Å². The maximum Gasteiger partial charge on any atom is 0.261 e. The Bertz CT molecular complexity index is 888. The smallest absolute Gasteiger partial charge is 0.261 e. The minimum Gasteiger partial charge on any atom is -0.326 e. The summed E-state index contributed by atoms with van der Waals surface area (Å²) in [6, 6.07) is 12.2. The first kappa shape index (κ1) is 18.7. The summed E-state index contributed by atoms with van der Waals surface area (Å²) in [5, 5.41) is 2.73. The molecule has 2 N–H and O–H groups in total. The number of sulfonamides is 1. The van der Waals surface area contributed by atoms with Gasteiger partial charge in [-0.1, -0.05) is 26.0 Å². The van der Waals surface area contributed by atoms with E-state index in [1.165, 1.54) is 25.1 Å². The second-order valence-electron chi connectivity index (χ2n) is 5.91. The Kier molecular flexibility index (Phi) is 5.58. The summed E-state index contributed by atoms with van der Waals surface area (Å²) >= 11 is 0. The molecule has 0 fully saturated rings. The number of carbonyl (C=O) groups excluding carboxylic acids is 2. The summed E-state index contributed by atoms with van der Waals surface area (Å²) < 4.78 is 27.3. The van der Waals surface area contributed by atoms with E-state index in [2.05, 4.69) is 10.0 Å². The zero-order chi connectivity index (χ0) is 18.6. The molecule has 7 heteroatoms. The largest absolute Gasteiger partial charge is 0.326 e. The predicted molar refractivity (Wildman–Crippen MR) is 97.2 cm³/mol. The summed E-state index contributed by atoms with van der Waals surface area (Å²) in [5.41, 5.74) is 1.27. The molecule has 132 valence electrons. The van der Waals surface area contributed by atoms with Crippen LogP contribution in [0.4, 0.5) is 11.4 Å². The summed E-state index contributed by atoms with van der Waals surface area (Å²) in [6.45, 7) is 4.95. The highest BCUT2D eigenvalue weighted by atomic mass is 32.2. The van der Waals surface area contributed by atoms with E-state index >= 15 is 0 Å². The Balaban J connectivity index is 2.17. The zero-order valence-corrected chi connectivity index (χ0v) is 15.1. The molecule has 0 aliphatic rings. The van der Waals surface area contributed by atoms with Gasteiger partial charge in [0, 0.05) is 22.9 Å². The minimum absolute atomic E-state index is 0.0115. The molecule has 0 saturated carbocycles. The van der Waals surface area contributed by atoms with E-state index in [4.69, 9.17) is 0 Å². The van der Waals surface area contributed by atoms with Crippen molar-refractivity contribution >= 4 is 33.1 Å². The second-order valence-corrected chi connectivity index (χ2v) is 7.59. The summed E-state index contributed by atoms with van der Waals surface area (Å²) in [5.74, 6) is -0.469. The van der Waals surface area contributed by atoms with Gasteiger partial charge in [0.05, 0.1) is 4.90 Å². The van der Waals surface area contributed by atoms with Crippen LogP contribution in [0.2, 0.25) is 0 Å². The Morgan fingerprint density at radius 2 is 1.56 bits per heavy atom. The topological polar surface area (TPSA) is 92.3 Å². The fraction of sp³-hybridized carbons (Fsp3) is 0.222. The van der Waals surface area contributed by atoms with Crippen molar-refractivity contribution in [1.29, 1.82) is 0 Å². The van der Waals surface area contributed by atoms with Crippen LogP contribution in [0.3, 0.4) is 0 Å². The van der Waals surface area contributed by atoms with Crippen molar-refractivity contribution in [3.05, 3.63) is 54.1 Å². The average Bonchev–Trinajstić information content (AvgIpc) is 2.56. The van der Waals surface area contributed by atoms with Gasteiger partial charge in [-0.05, 0) is 43.3 Å². The van der Waals surface area contributed by atoms with Crippen LogP contribution in [0.5, 0.6) is 0 Å². The lowest BCUT2D eigenvalue weighted by Crippen LogP contribution is -2.17. The number of anilines is 2. The van der Waals surface area contributed by atoms with Gasteiger partial charge in [-0.2, -0.15) is 0 Å². The number of Topliss-reactive ketones (excluding diaryl/α,β-unsaturated/α-hetero) is 1. The van der Waals surface area contributed by atoms with E-state index in [1.807, 2.05) is 0 Å². The van der Waals surface area contributed by atoms with Crippen LogP contribution in [0.1, 0.15) is 31.1 Å². The molecule has 25 heavy (non-hydrogen) atoms. The Morgan fingerprint density at radius 1 is 0.960 bits per heavy atom. The van der Waals surface area contributed by atoms with Gasteiger partial charge in [0.2, 0.25) is 5.91 Å². The van der Waals surface area contributed by atoms with Crippen molar-refractivity contribution in [1.82, 2.24) is 0 Å². The molecule has 2 aromatic rings. The molecule has 0 radical (unpaired) electrons. The quantitative estimate of drug-likeness (QED) is 0.773. The van der Waals surface area contributed by atoms with Gasteiger partial charge in [0.1, 0.15) is 0 Å². The van der Waals surface area contributed by atoms with E-state index in [9.17, 15) is 18.0 Å². The van der Waals surface area contributed by atoms with E-state index in [0.29, 0.717) is 16.9 Å². The van der Waals surface area contributed by atoms with Crippen LogP contribution in [0.25, 0.3) is 0 Å². The maximum absolute atomic E-state index is 12.4. The molecule has 0 atom stereocenters. The van der Waals surface area contributed by atoms with Crippen LogP contribution in [0.15, 0.2) is 53.4 Å². The zero-order valence-electron chi connectivity index (χ0n) is 14.2. The standard InChI is InChI=1S/C18H20N2O4S/c1-12(2)18(22)19-15-7-9-16(10-8-15)20-25(23,24)17-6-4-5-14(11-17)13(3)21/h4-12,20H,1-3H3,(H,19,22). The van der Waals surface area contributed by atoms with Gasteiger partial charge in [0.15, 0.2) is 5.78 Å². The molecule has 2 aromatic carbocycles. The molecule has 0 heterocycles. The fourth-order valence-electron chi connectivity index (χ4n) is 2.00. The summed E-state index contributed by atoms with van der Waals surface area (Å²) in [6.07, 6.45) is 0. The van der Waals surface area contributed by atoms with Gasteiger partial charge in [-0.25, -0.2) is 8.42 Å². The van der Waals surface area contributed by atoms with Gasteiger partial charge in [-0.15, -0.1) is 0 Å². The molecular weight excluding hydrogens is 340 g/mol. The van der Waals surface area contributed by atoms with Crippen molar-refractivity contribution in [3.63, 3.8) is 0 Å². The number of hydrogen-bond donors (Lipinski definition) is 2. The lowest BCUT2D eigenvalue weighted by atomic mass is 10.2. The average molecular weight is 360 g/mol. The third-order valence-electron chi connectivity index (χ3n) is 3.48. The SMILES string of the molecule is CC(=O)c1cccc(S(=O)(=O)Nc2ccc(NC(=O)C(C)C)cc2)c1. The summed E-state index contributed by atoms with van der Waals surface area (Å²) in [7, 11) is -3.81. The highest BCUT2D eigenvalue weighted by Crippen LogP contribution is 2.19. The van der Waals surface area contributed by atoms with Crippen molar-refractivity contribution < 1.29 is 18.0 Å². The van der Waals surface area contributed by atoms with Crippen molar-refractivity contribution in [2.75, 3.05) is 10.0 Å². The van der Waals surface area contributed by atoms with Gasteiger partial charge in [-0.3, -0.25) is 14.3 Å². The molecule has 0 saturated heterocycles. The molecule has 0 bridgehead atoms. The predicted octanol–water partition coefficient (Wildman–Crippen LogP) is 3.28. The molecule has 0 aliphatic heterocycles. The first-order chi connectivity index (χ1) is 11.7. The van der Waals surface area contributed by atoms with Gasteiger partial charge >= 0.3 is 0 Å². The Labute approximate surface area is 147 Å². The highest BCUT2D eigenvalue weighted by Gasteiger charge is 2.15. The number of ketones is 1. The highest BCUT2D eigenvalue weighted by molar-refractivity contribution is 7.92. The van der Waals surface area contributed by atoms with Crippen LogP contribution in [-0.2, 0) is 14.8 Å². The van der Waals surface area contributed by atoms with Crippen LogP contribution in [-0.4, -0.2) is 20.1 Å². The van der Waals surface area contributed by atoms with E-state index in [0.717, 1.165) is 0 Å². The number of rotatable bonds is 6. The summed E-state index contributed by atoms with van der Waals surface area (Å²) in [4.78, 5) is 23.1. The van der Waals surface area contributed by atoms with Crippen molar-refractivity contribution in [2.24, 2.45) is 5.92 Å². The van der Waals surface area contributed by atoms with Gasteiger partial charge < -0.3 is 5.32 Å². The first-order valence-electron chi connectivity index (χ1n) is 7.74. The number of hydrogen-bond acceptors (Lipinski definition) is 4. The Morgan fingerprint density at radius 3 is 2.12 bits per heavy atom. The lowest BCUT2D eigenvalue weighted by Gasteiger charge is -2.11. The number of amides is 1. The molecule has 0 spiro atoms. The molecular formula is C18H20N2O4S. The molecule has 0 aromatic heterocycles. The third kappa shape index (κ3) is 4.90. The molecule has 0 aliphatic carbocycles. The van der Waals surface area contributed by atoms with E-state index in [1.54, 1.807) is 44.2 Å². The van der Waals surface area contributed by atoms with Gasteiger partial charge in [0.25, 0.3) is 10.0 Å².